The first-order valence-corrected chi connectivity index (χ1v) is 8.28. The van der Waals surface area contributed by atoms with Gasteiger partial charge in [-0.25, -0.2) is 23.4 Å². The van der Waals surface area contributed by atoms with Crippen molar-refractivity contribution in [3.05, 3.63) is 47.8 Å². The van der Waals surface area contributed by atoms with Crippen molar-refractivity contribution in [1.82, 2.24) is 0 Å². The highest BCUT2D eigenvalue weighted by molar-refractivity contribution is 8.08. The first-order valence-electron chi connectivity index (χ1n) is 5.82. The predicted molar refractivity (Wildman–Crippen MR) is 67.6 cm³/mol. The van der Waals surface area contributed by atoms with Gasteiger partial charge in [-0.15, -0.1) is 22.0 Å². The summed E-state index contributed by atoms with van der Waals surface area (Å²) in [5.41, 5.74) is 3.13. The summed E-state index contributed by atoms with van der Waals surface area (Å²) in [4.78, 5) is 12.2. The molecule has 0 aliphatic carbocycles. The highest BCUT2D eigenvalue weighted by atomic mass is 35.7. The first-order chi connectivity index (χ1) is 10.2. The summed E-state index contributed by atoms with van der Waals surface area (Å²) >= 11 is 1.48. The van der Waals surface area contributed by atoms with E-state index in [1.165, 1.54) is 11.8 Å². The van der Waals surface area contributed by atoms with Crippen LogP contribution in [-0.2, 0) is 4.79 Å². The number of thioether (sulfide) groups is 1. The molecule has 0 aromatic carbocycles. The van der Waals surface area contributed by atoms with Crippen molar-refractivity contribution >= 4 is 33.7 Å². The van der Waals surface area contributed by atoms with E-state index in [9.17, 15) is 9.90 Å². The van der Waals surface area contributed by atoms with Gasteiger partial charge in [0.05, 0.1) is 0 Å². The molecule has 0 saturated carbocycles. The minimum absolute atomic E-state index is 0.398. The Morgan fingerprint density at radius 2 is 1.59 bits per heavy atom. The molecule has 116 valence electrons. The van der Waals surface area contributed by atoms with E-state index in [-0.39, 0.29) is 0 Å². The molecule has 1 aliphatic heterocycles. The number of aliphatic carboxylic acids is 1. The Morgan fingerprint density at radius 1 is 1.09 bits per heavy atom. The lowest BCUT2D eigenvalue weighted by Crippen LogP contribution is -2.68. The van der Waals surface area contributed by atoms with E-state index < -0.39 is 16.2 Å². The SMILES string of the molecule is CSC1=C(C(=O)O)c2cccc3cccc1[n+]23.[O-][Cl+3]([O-])([O-])[O-]. The van der Waals surface area contributed by atoms with Gasteiger partial charge in [0.1, 0.15) is 4.91 Å². The number of hydrogen-bond acceptors (Lipinski definition) is 6. The fourth-order valence-corrected chi connectivity index (χ4v) is 3.03. The molecule has 0 saturated heterocycles. The van der Waals surface area contributed by atoms with Crippen molar-refractivity contribution < 1.29 is 43.2 Å². The lowest BCUT2D eigenvalue weighted by atomic mass is 10.2. The van der Waals surface area contributed by atoms with Crippen LogP contribution in [0.2, 0.25) is 0 Å². The molecule has 2 aromatic heterocycles. The summed E-state index contributed by atoms with van der Waals surface area (Å²) < 4.78 is 36.0. The molecule has 0 bridgehead atoms. The summed E-state index contributed by atoms with van der Waals surface area (Å²) in [5, 5.41) is 9.35. The number of halogens is 1. The van der Waals surface area contributed by atoms with Gasteiger partial charge in [-0.05, 0) is 18.4 Å². The topological polar surface area (TPSA) is 134 Å². The highest BCUT2D eigenvalue weighted by Gasteiger charge is 2.35. The zero-order valence-electron chi connectivity index (χ0n) is 11.2. The molecule has 1 aliphatic rings. The summed E-state index contributed by atoms with van der Waals surface area (Å²) in [6.45, 7) is 0. The third kappa shape index (κ3) is 3.38. The van der Waals surface area contributed by atoms with Crippen LogP contribution in [0, 0.1) is 10.2 Å². The lowest BCUT2D eigenvalue weighted by Gasteiger charge is -2.17. The predicted octanol–water partition coefficient (Wildman–Crippen LogP) is -2.70. The quantitative estimate of drug-likeness (QED) is 0.586. The number of nitrogens with zero attached hydrogens (tertiary/aromatic N) is 1. The molecule has 3 rings (SSSR count). The average molecular weight is 344 g/mol. The second-order valence-corrected chi connectivity index (χ2v) is 5.75. The maximum atomic E-state index is 11.4. The maximum Gasteiger partial charge on any atom is 0.343 e. The molecular formula is C13H10ClNO6S. The van der Waals surface area contributed by atoms with E-state index in [0.717, 1.165) is 21.8 Å². The van der Waals surface area contributed by atoms with Crippen molar-refractivity contribution in [3.8, 4) is 0 Å². The number of carboxylic acid groups (broad SMARTS) is 1. The van der Waals surface area contributed by atoms with Crippen molar-refractivity contribution in [2.24, 2.45) is 0 Å². The second-order valence-electron chi connectivity index (χ2n) is 4.17. The minimum atomic E-state index is -4.94. The number of rotatable bonds is 2. The summed E-state index contributed by atoms with van der Waals surface area (Å²) in [7, 11) is -4.94. The molecule has 0 spiro atoms. The monoisotopic (exact) mass is 343 g/mol. The summed E-state index contributed by atoms with van der Waals surface area (Å²) in [5.74, 6) is -0.870. The van der Waals surface area contributed by atoms with E-state index >= 15 is 0 Å². The molecule has 0 unspecified atom stereocenters. The molecule has 1 N–H and O–H groups in total. The van der Waals surface area contributed by atoms with Gasteiger partial charge in [0, 0.05) is 24.3 Å². The Kier molecular flexibility index (Phi) is 4.71. The van der Waals surface area contributed by atoms with Crippen molar-refractivity contribution in [1.29, 1.82) is 0 Å². The standard InChI is InChI=1S/C13H9NO2S.ClHO4/c1-17-12-10-7-3-5-8-4-2-6-9(14(8)10)11(12)13(15)16;2-1(3,4)5/h2-7H,1H3;(H,2,3,4,5). The molecule has 3 heterocycles. The molecule has 0 atom stereocenters. The maximum absolute atomic E-state index is 11.4. The van der Waals surface area contributed by atoms with Gasteiger partial charge in [0.2, 0.25) is 16.9 Å². The van der Waals surface area contributed by atoms with E-state index in [2.05, 4.69) is 0 Å². The van der Waals surface area contributed by atoms with Crippen LogP contribution >= 0.6 is 11.8 Å². The normalized spacial score (nSPS) is 13.1. The minimum Gasteiger partial charge on any atom is -0.477 e. The van der Waals surface area contributed by atoms with Gasteiger partial charge in [0.15, 0.2) is 5.57 Å². The van der Waals surface area contributed by atoms with Crippen LogP contribution in [0.4, 0.5) is 0 Å². The molecule has 22 heavy (non-hydrogen) atoms. The number of pyridine rings is 2. The van der Waals surface area contributed by atoms with Gasteiger partial charge in [-0.3, -0.25) is 0 Å². The largest absolute Gasteiger partial charge is 0.477 e. The Labute approximate surface area is 131 Å². The van der Waals surface area contributed by atoms with Crippen molar-refractivity contribution in [2.45, 2.75) is 0 Å². The molecule has 2 aromatic rings. The Hall–Kier alpha value is -1.68. The fraction of sp³-hybridized carbons (Fsp3) is 0.0769. The van der Waals surface area contributed by atoms with Gasteiger partial charge < -0.3 is 5.11 Å². The van der Waals surface area contributed by atoms with Crippen LogP contribution in [0.5, 0.6) is 0 Å². The van der Waals surface area contributed by atoms with E-state index in [1.54, 1.807) is 0 Å². The highest BCUT2D eigenvalue weighted by Crippen LogP contribution is 2.36. The second kappa shape index (κ2) is 6.21. The number of carboxylic acids is 1. The lowest BCUT2D eigenvalue weighted by molar-refractivity contribution is -2.00. The number of carbonyl (C=O) groups is 1. The van der Waals surface area contributed by atoms with Crippen LogP contribution in [0.15, 0.2) is 36.4 Å². The average Bonchev–Trinajstić information content (AvgIpc) is 2.73. The van der Waals surface area contributed by atoms with Crippen LogP contribution in [0.1, 0.15) is 11.4 Å². The first kappa shape index (κ1) is 16.7. The summed E-state index contributed by atoms with van der Waals surface area (Å²) in [6.07, 6.45) is 1.91. The third-order valence-corrected chi connectivity index (χ3v) is 3.74. The zero-order valence-corrected chi connectivity index (χ0v) is 12.8. The molecular weight excluding hydrogens is 334 g/mol. The van der Waals surface area contributed by atoms with E-state index in [4.69, 9.17) is 18.6 Å². The molecule has 7 nitrogen and oxygen atoms in total. The van der Waals surface area contributed by atoms with Gasteiger partial charge in [0.25, 0.3) is 0 Å². The molecule has 0 amide bonds. The van der Waals surface area contributed by atoms with E-state index in [1.807, 2.05) is 47.1 Å². The van der Waals surface area contributed by atoms with Crippen LogP contribution in [-0.4, -0.2) is 17.3 Å². The van der Waals surface area contributed by atoms with Gasteiger partial charge in [-0.2, -0.15) is 4.40 Å². The smallest absolute Gasteiger partial charge is 0.343 e. The van der Waals surface area contributed by atoms with Crippen LogP contribution < -0.4 is 23.0 Å². The van der Waals surface area contributed by atoms with Crippen molar-refractivity contribution in [3.63, 3.8) is 0 Å². The summed E-state index contributed by atoms with van der Waals surface area (Å²) in [6, 6.07) is 11.6. The van der Waals surface area contributed by atoms with Gasteiger partial charge >= 0.3 is 5.97 Å². The molecule has 0 radical (unpaired) electrons. The Balaban J connectivity index is 0.000000309. The third-order valence-electron chi connectivity index (χ3n) is 2.92. The zero-order chi connectivity index (χ0) is 16.5. The fourth-order valence-electron chi connectivity index (χ4n) is 2.27. The van der Waals surface area contributed by atoms with E-state index in [0.29, 0.717) is 5.57 Å². The Bertz CT molecular complexity index is 759. The molecule has 0 fully saturated rings. The van der Waals surface area contributed by atoms with Crippen molar-refractivity contribution in [2.75, 3.05) is 6.26 Å². The van der Waals surface area contributed by atoms with Crippen LogP contribution in [0.25, 0.3) is 16.0 Å². The molecule has 9 heteroatoms. The van der Waals surface area contributed by atoms with Crippen LogP contribution in [0.3, 0.4) is 0 Å². The van der Waals surface area contributed by atoms with Gasteiger partial charge in [-0.1, -0.05) is 0 Å². The number of aromatic nitrogens is 1. The number of hydrogen-bond donors (Lipinski definition) is 1. The Morgan fingerprint density at radius 3 is 2.05 bits per heavy atom.